The van der Waals surface area contributed by atoms with Crippen molar-refractivity contribution in [3.05, 3.63) is 59.9 Å². The second-order valence-corrected chi connectivity index (χ2v) is 5.64. The van der Waals surface area contributed by atoms with Crippen LogP contribution in [0.25, 0.3) is 0 Å². The van der Waals surface area contributed by atoms with Gasteiger partial charge in [0.25, 0.3) is 0 Å². The van der Waals surface area contributed by atoms with Crippen molar-refractivity contribution in [3.8, 4) is 5.75 Å². The van der Waals surface area contributed by atoms with Crippen LogP contribution in [0, 0.1) is 0 Å². The first-order valence-corrected chi connectivity index (χ1v) is 8.13. The Hall–Kier alpha value is -2.89. The summed E-state index contributed by atoms with van der Waals surface area (Å²) in [4.78, 5) is 29.6. The average Bonchev–Trinajstić information content (AvgIpc) is 2.64. The molecule has 1 heterocycles. The molecule has 2 amide bonds. The molecule has 0 atom stereocenters. The predicted molar refractivity (Wildman–Crippen MR) is 94.8 cm³/mol. The molecule has 132 valence electrons. The van der Waals surface area contributed by atoms with E-state index in [0.717, 1.165) is 16.9 Å². The number of hydrogen-bond acceptors (Lipinski definition) is 4. The number of nitrogens with zero attached hydrogens (tertiary/aromatic N) is 2. The Kier molecular flexibility index (Phi) is 6.95. The van der Waals surface area contributed by atoms with E-state index in [-0.39, 0.29) is 18.2 Å². The number of benzene rings is 1. The fraction of sp³-hybridized carbons (Fsp3) is 0.316. The molecule has 6 heteroatoms. The van der Waals surface area contributed by atoms with Gasteiger partial charge >= 0.3 is 0 Å². The van der Waals surface area contributed by atoms with Crippen LogP contribution in [0.4, 0.5) is 0 Å². The van der Waals surface area contributed by atoms with Gasteiger partial charge in [0, 0.05) is 50.9 Å². The number of pyridine rings is 1. The summed E-state index contributed by atoms with van der Waals surface area (Å²) in [5.74, 6) is 0.552. The fourth-order valence-electron chi connectivity index (χ4n) is 2.42. The molecule has 2 aromatic rings. The molecule has 0 saturated heterocycles. The molecule has 0 saturated carbocycles. The Morgan fingerprint density at radius 2 is 2.00 bits per heavy atom. The molecule has 0 spiro atoms. The van der Waals surface area contributed by atoms with Gasteiger partial charge in [-0.1, -0.05) is 24.3 Å². The Bertz CT molecular complexity index is 704. The van der Waals surface area contributed by atoms with E-state index in [1.54, 1.807) is 24.4 Å². The van der Waals surface area contributed by atoms with E-state index in [4.69, 9.17) is 4.74 Å². The number of carbonyl (C=O) groups is 2. The maximum absolute atomic E-state index is 12.0. The summed E-state index contributed by atoms with van der Waals surface area (Å²) in [7, 11) is 1.60. The number of aromatic nitrogens is 1. The summed E-state index contributed by atoms with van der Waals surface area (Å²) < 4.78 is 5.32. The van der Waals surface area contributed by atoms with Crippen molar-refractivity contribution in [1.29, 1.82) is 0 Å². The van der Waals surface area contributed by atoms with Crippen LogP contribution in [-0.2, 0) is 22.7 Å². The molecule has 1 aromatic heterocycles. The van der Waals surface area contributed by atoms with Crippen LogP contribution in [-0.4, -0.2) is 35.4 Å². The van der Waals surface area contributed by atoms with Gasteiger partial charge in [-0.3, -0.25) is 14.6 Å². The summed E-state index contributed by atoms with van der Waals surface area (Å²) in [6.45, 7) is 2.70. The van der Waals surface area contributed by atoms with Gasteiger partial charge in [-0.05, 0) is 17.7 Å². The smallest absolute Gasteiger partial charge is 0.222 e. The molecule has 25 heavy (non-hydrogen) atoms. The molecular weight excluding hydrogens is 318 g/mol. The van der Waals surface area contributed by atoms with E-state index < -0.39 is 0 Å². The Morgan fingerprint density at radius 3 is 2.68 bits per heavy atom. The minimum atomic E-state index is -0.102. The van der Waals surface area contributed by atoms with Crippen molar-refractivity contribution >= 4 is 11.8 Å². The van der Waals surface area contributed by atoms with Gasteiger partial charge in [-0.15, -0.1) is 0 Å². The van der Waals surface area contributed by atoms with Gasteiger partial charge in [-0.2, -0.15) is 0 Å². The third kappa shape index (κ3) is 5.91. The van der Waals surface area contributed by atoms with E-state index in [1.165, 1.54) is 6.92 Å². The van der Waals surface area contributed by atoms with Crippen LogP contribution in [0.3, 0.4) is 0 Å². The molecule has 0 bridgehead atoms. The predicted octanol–water partition coefficient (Wildman–Crippen LogP) is 2.15. The van der Waals surface area contributed by atoms with E-state index >= 15 is 0 Å². The maximum Gasteiger partial charge on any atom is 0.222 e. The molecular formula is C19H23N3O3. The normalized spacial score (nSPS) is 10.2. The van der Waals surface area contributed by atoms with Crippen LogP contribution in [0.1, 0.15) is 24.5 Å². The zero-order chi connectivity index (χ0) is 18.1. The van der Waals surface area contributed by atoms with Gasteiger partial charge in [0.05, 0.1) is 7.11 Å². The lowest BCUT2D eigenvalue weighted by atomic mass is 10.2. The van der Waals surface area contributed by atoms with Gasteiger partial charge in [0.15, 0.2) is 0 Å². The van der Waals surface area contributed by atoms with Gasteiger partial charge in [0.2, 0.25) is 11.8 Å². The highest BCUT2D eigenvalue weighted by molar-refractivity contribution is 5.78. The third-order valence-corrected chi connectivity index (χ3v) is 3.82. The quantitative estimate of drug-likeness (QED) is 0.798. The maximum atomic E-state index is 12.0. The van der Waals surface area contributed by atoms with Crippen LogP contribution in [0.15, 0.2) is 48.8 Å². The fourth-order valence-corrected chi connectivity index (χ4v) is 2.42. The van der Waals surface area contributed by atoms with Crippen LogP contribution in [0.2, 0.25) is 0 Å². The number of ether oxygens (including phenoxy) is 1. The molecule has 6 nitrogen and oxygen atoms in total. The monoisotopic (exact) mass is 341 g/mol. The second kappa shape index (κ2) is 9.42. The molecule has 1 aromatic carbocycles. The van der Waals surface area contributed by atoms with Crippen molar-refractivity contribution in [2.75, 3.05) is 13.7 Å². The molecule has 0 aliphatic carbocycles. The molecule has 0 aliphatic heterocycles. The number of carbonyl (C=O) groups excluding carboxylic acids is 2. The van der Waals surface area contributed by atoms with Gasteiger partial charge < -0.3 is 15.0 Å². The van der Waals surface area contributed by atoms with E-state index in [0.29, 0.717) is 19.6 Å². The minimum absolute atomic E-state index is 0.0778. The molecule has 0 fully saturated rings. The Balaban J connectivity index is 1.86. The van der Waals surface area contributed by atoms with Crippen molar-refractivity contribution in [1.82, 2.24) is 15.2 Å². The summed E-state index contributed by atoms with van der Waals surface area (Å²) in [6, 6.07) is 11.3. The topological polar surface area (TPSA) is 71.5 Å². The highest BCUT2D eigenvalue weighted by Crippen LogP contribution is 2.19. The lowest BCUT2D eigenvalue weighted by molar-refractivity contribution is -0.130. The minimum Gasteiger partial charge on any atom is -0.496 e. The highest BCUT2D eigenvalue weighted by atomic mass is 16.5. The highest BCUT2D eigenvalue weighted by Gasteiger charge is 2.14. The zero-order valence-electron chi connectivity index (χ0n) is 14.6. The second-order valence-electron chi connectivity index (χ2n) is 5.64. The number of rotatable bonds is 8. The van der Waals surface area contributed by atoms with E-state index in [2.05, 4.69) is 10.3 Å². The lowest BCUT2D eigenvalue weighted by Gasteiger charge is -2.22. The summed E-state index contributed by atoms with van der Waals surface area (Å²) in [5, 5.41) is 2.84. The Labute approximate surface area is 147 Å². The third-order valence-electron chi connectivity index (χ3n) is 3.82. The molecule has 0 aliphatic rings. The van der Waals surface area contributed by atoms with Crippen molar-refractivity contribution in [2.45, 2.75) is 26.4 Å². The lowest BCUT2D eigenvalue weighted by Crippen LogP contribution is -2.33. The number of para-hydroxylation sites is 1. The van der Waals surface area contributed by atoms with Crippen molar-refractivity contribution in [2.24, 2.45) is 0 Å². The van der Waals surface area contributed by atoms with Gasteiger partial charge in [0.1, 0.15) is 5.75 Å². The van der Waals surface area contributed by atoms with Crippen molar-refractivity contribution in [3.63, 3.8) is 0 Å². The molecule has 0 radical (unpaired) electrons. The van der Waals surface area contributed by atoms with E-state index in [9.17, 15) is 9.59 Å². The molecule has 0 unspecified atom stereocenters. The van der Waals surface area contributed by atoms with Crippen molar-refractivity contribution < 1.29 is 14.3 Å². The number of amides is 2. The van der Waals surface area contributed by atoms with Crippen LogP contribution in [0.5, 0.6) is 5.75 Å². The first-order valence-electron chi connectivity index (χ1n) is 8.13. The van der Waals surface area contributed by atoms with Crippen LogP contribution < -0.4 is 10.1 Å². The number of nitrogens with one attached hydrogen (secondary N) is 1. The molecule has 1 N–H and O–H groups in total. The summed E-state index contributed by atoms with van der Waals surface area (Å²) >= 11 is 0. The first kappa shape index (κ1) is 18.4. The van der Waals surface area contributed by atoms with Crippen LogP contribution >= 0.6 is 0 Å². The number of methoxy groups -OCH3 is 1. The van der Waals surface area contributed by atoms with E-state index in [1.807, 2.05) is 36.4 Å². The zero-order valence-corrected chi connectivity index (χ0v) is 14.6. The Morgan fingerprint density at radius 1 is 1.20 bits per heavy atom. The average molecular weight is 341 g/mol. The SMILES string of the molecule is COc1ccccc1CN(CCC(=O)NCc1cccnc1)C(C)=O. The first-order chi connectivity index (χ1) is 12.1. The largest absolute Gasteiger partial charge is 0.496 e. The van der Waals surface area contributed by atoms with Gasteiger partial charge in [-0.25, -0.2) is 0 Å². The molecule has 2 rings (SSSR count). The summed E-state index contributed by atoms with van der Waals surface area (Å²) in [6.07, 6.45) is 3.65. The summed E-state index contributed by atoms with van der Waals surface area (Å²) in [5.41, 5.74) is 1.85. The number of hydrogen-bond donors (Lipinski definition) is 1. The standard InChI is InChI=1S/C19H23N3O3/c1-15(23)22(14-17-7-3-4-8-18(17)25-2)11-9-19(24)21-13-16-6-5-10-20-12-16/h3-8,10,12H,9,11,13-14H2,1-2H3,(H,21,24).